The van der Waals surface area contributed by atoms with Gasteiger partial charge >= 0.3 is 5.97 Å². The van der Waals surface area contributed by atoms with Crippen LogP contribution in [0.25, 0.3) is 0 Å². The van der Waals surface area contributed by atoms with Crippen LogP contribution in [0.3, 0.4) is 0 Å². The van der Waals surface area contributed by atoms with Crippen molar-refractivity contribution in [2.75, 3.05) is 5.32 Å². The van der Waals surface area contributed by atoms with E-state index in [2.05, 4.69) is 5.32 Å². The van der Waals surface area contributed by atoms with E-state index in [1.807, 2.05) is 49.4 Å². The first-order valence-electron chi connectivity index (χ1n) is 6.92. The van der Waals surface area contributed by atoms with Crippen molar-refractivity contribution < 1.29 is 9.90 Å². The molecule has 110 valence electrons. The molecule has 0 aliphatic heterocycles. The zero-order valence-electron chi connectivity index (χ0n) is 11.8. The number of hydrogen-bond acceptors (Lipinski definition) is 2. The van der Waals surface area contributed by atoms with Crippen LogP contribution in [0.4, 0.5) is 5.69 Å². The van der Waals surface area contributed by atoms with E-state index in [9.17, 15) is 9.90 Å². The van der Waals surface area contributed by atoms with Crippen LogP contribution >= 0.6 is 11.6 Å². The van der Waals surface area contributed by atoms with Gasteiger partial charge in [0.05, 0.1) is 10.7 Å². The Labute approximate surface area is 129 Å². The summed E-state index contributed by atoms with van der Waals surface area (Å²) in [5, 5.41) is 13.5. The van der Waals surface area contributed by atoms with Gasteiger partial charge in [-0.3, -0.25) is 0 Å². The largest absolute Gasteiger partial charge is 0.479 e. The molecular formula is C17H18ClNO2. The maximum atomic E-state index is 12.0. The molecule has 0 aromatic heterocycles. The maximum Gasteiger partial charge on any atom is 0.334 e. The van der Waals surface area contributed by atoms with E-state index < -0.39 is 11.5 Å². The van der Waals surface area contributed by atoms with E-state index in [1.165, 1.54) is 0 Å². The van der Waals surface area contributed by atoms with Crippen molar-refractivity contribution in [3.8, 4) is 0 Å². The first kappa shape index (κ1) is 15.4. The molecule has 1 atom stereocenters. The highest BCUT2D eigenvalue weighted by atomic mass is 35.5. The van der Waals surface area contributed by atoms with Gasteiger partial charge in [0.15, 0.2) is 5.54 Å². The van der Waals surface area contributed by atoms with Gasteiger partial charge in [-0.1, -0.05) is 67.4 Å². The van der Waals surface area contributed by atoms with Crippen molar-refractivity contribution in [2.45, 2.75) is 25.3 Å². The third-order valence-corrected chi connectivity index (χ3v) is 3.81. The minimum absolute atomic E-state index is 0.470. The Bertz CT molecular complexity index is 615. The summed E-state index contributed by atoms with van der Waals surface area (Å²) in [5.74, 6) is -0.907. The highest BCUT2D eigenvalue weighted by Gasteiger charge is 2.39. The fraction of sp³-hybridized carbons (Fsp3) is 0.235. The standard InChI is InChI=1S/C17H18ClNO2/c1-2-12-17(16(20)21,13-8-4-3-5-9-13)19-15-11-7-6-10-14(15)18/h3-11,19H,2,12H2,1H3,(H,20,21). The monoisotopic (exact) mass is 303 g/mol. The molecule has 0 radical (unpaired) electrons. The topological polar surface area (TPSA) is 49.3 Å². The van der Waals surface area contributed by atoms with Gasteiger partial charge in [0, 0.05) is 0 Å². The zero-order chi connectivity index (χ0) is 15.3. The first-order chi connectivity index (χ1) is 10.1. The molecule has 0 aliphatic carbocycles. The van der Waals surface area contributed by atoms with E-state index in [0.29, 0.717) is 17.1 Å². The third-order valence-electron chi connectivity index (χ3n) is 3.48. The number of para-hydroxylation sites is 1. The van der Waals surface area contributed by atoms with Gasteiger partial charge in [-0.2, -0.15) is 0 Å². The Morgan fingerprint density at radius 1 is 1.14 bits per heavy atom. The van der Waals surface area contributed by atoms with Crippen molar-refractivity contribution in [1.82, 2.24) is 0 Å². The molecule has 0 bridgehead atoms. The van der Waals surface area contributed by atoms with Crippen LogP contribution < -0.4 is 5.32 Å². The van der Waals surface area contributed by atoms with Crippen LogP contribution in [0.1, 0.15) is 25.3 Å². The number of benzene rings is 2. The Hall–Kier alpha value is -2.00. The van der Waals surface area contributed by atoms with E-state index in [4.69, 9.17) is 11.6 Å². The third kappa shape index (κ3) is 3.19. The molecule has 1 unspecified atom stereocenters. The van der Waals surface area contributed by atoms with E-state index >= 15 is 0 Å². The predicted molar refractivity (Wildman–Crippen MR) is 85.7 cm³/mol. The number of aliphatic carboxylic acids is 1. The molecule has 2 aromatic rings. The second-order valence-corrected chi connectivity index (χ2v) is 5.34. The molecule has 0 saturated heterocycles. The molecule has 3 nitrogen and oxygen atoms in total. The van der Waals surface area contributed by atoms with Gasteiger partial charge in [0.1, 0.15) is 0 Å². The highest BCUT2D eigenvalue weighted by Crippen LogP contribution is 2.34. The second kappa shape index (κ2) is 6.64. The lowest BCUT2D eigenvalue weighted by molar-refractivity contribution is -0.143. The fourth-order valence-corrected chi connectivity index (χ4v) is 2.64. The quantitative estimate of drug-likeness (QED) is 0.824. The second-order valence-electron chi connectivity index (χ2n) is 4.93. The molecule has 0 fully saturated rings. The Balaban J connectivity index is 2.50. The fourth-order valence-electron chi connectivity index (χ4n) is 2.45. The molecule has 4 heteroatoms. The predicted octanol–water partition coefficient (Wildman–Crippen LogP) is 4.53. The Kier molecular flexibility index (Phi) is 4.86. The van der Waals surface area contributed by atoms with Gasteiger partial charge in [-0.05, 0) is 24.1 Å². The van der Waals surface area contributed by atoms with Crippen LogP contribution in [0.15, 0.2) is 54.6 Å². The SMILES string of the molecule is CCCC(Nc1ccccc1Cl)(C(=O)O)c1ccccc1. The summed E-state index contributed by atoms with van der Waals surface area (Å²) in [5.41, 5.74) is 0.166. The summed E-state index contributed by atoms with van der Waals surface area (Å²) >= 11 is 6.17. The van der Waals surface area contributed by atoms with Crippen molar-refractivity contribution in [3.05, 3.63) is 65.2 Å². The van der Waals surface area contributed by atoms with Crippen molar-refractivity contribution in [2.24, 2.45) is 0 Å². The number of nitrogens with one attached hydrogen (secondary N) is 1. The number of halogens is 1. The number of carbonyl (C=O) groups is 1. The molecule has 0 amide bonds. The average molecular weight is 304 g/mol. The number of carboxylic acid groups (broad SMARTS) is 1. The highest BCUT2D eigenvalue weighted by molar-refractivity contribution is 6.33. The van der Waals surface area contributed by atoms with Gasteiger partial charge in [-0.25, -0.2) is 4.79 Å². The van der Waals surface area contributed by atoms with E-state index in [0.717, 1.165) is 12.0 Å². The van der Waals surface area contributed by atoms with Crippen LogP contribution in [0, 0.1) is 0 Å². The van der Waals surface area contributed by atoms with Crippen LogP contribution in [-0.4, -0.2) is 11.1 Å². The lowest BCUT2D eigenvalue weighted by Gasteiger charge is -2.32. The molecule has 0 aliphatic rings. The van der Waals surface area contributed by atoms with Gasteiger partial charge in [-0.15, -0.1) is 0 Å². The lowest BCUT2D eigenvalue weighted by atomic mass is 9.85. The first-order valence-corrected chi connectivity index (χ1v) is 7.29. The minimum atomic E-state index is -1.18. The van der Waals surface area contributed by atoms with E-state index in [-0.39, 0.29) is 0 Å². The van der Waals surface area contributed by atoms with Crippen molar-refractivity contribution in [1.29, 1.82) is 0 Å². The molecule has 0 spiro atoms. The smallest absolute Gasteiger partial charge is 0.334 e. The van der Waals surface area contributed by atoms with Gasteiger partial charge in [0.25, 0.3) is 0 Å². The van der Waals surface area contributed by atoms with Gasteiger partial charge in [0.2, 0.25) is 0 Å². The normalized spacial score (nSPS) is 13.4. The van der Waals surface area contributed by atoms with Gasteiger partial charge < -0.3 is 10.4 Å². The van der Waals surface area contributed by atoms with Crippen molar-refractivity contribution >= 4 is 23.3 Å². The molecule has 2 N–H and O–H groups in total. The summed E-state index contributed by atoms with van der Waals surface area (Å²) in [6.45, 7) is 1.97. The lowest BCUT2D eigenvalue weighted by Crippen LogP contribution is -2.43. The number of hydrogen-bond donors (Lipinski definition) is 2. The van der Waals surface area contributed by atoms with Crippen LogP contribution in [0.2, 0.25) is 5.02 Å². The van der Waals surface area contributed by atoms with Crippen molar-refractivity contribution in [3.63, 3.8) is 0 Å². The molecule has 0 saturated carbocycles. The van der Waals surface area contributed by atoms with E-state index in [1.54, 1.807) is 12.1 Å². The molecular weight excluding hydrogens is 286 g/mol. The molecule has 0 heterocycles. The minimum Gasteiger partial charge on any atom is -0.479 e. The number of carboxylic acids is 1. The Morgan fingerprint density at radius 3 is 2.33 bits per heavy atom. The molecule has 21 heavy (non-hydrogen) atoms. The maximum absolute atomic E-state index is 12.0. The summed E-state index contributed by atoms with van der Waals surface area (Å²) < 4.78 is 0. The Morgan fingerprint density at radius 2 is 1.76 bits per heavy atom. The summed E-state index contributed by atoms with van der Waals surface area (Å²) in [6, 6.07) is 16.4. The molecule has 2 aromatic carbocycles. The van der Waals surface area contributed by atoms with Crippen LogP contribution in [-0.2, 0) is 10.3 Å². The number of rotatable bonds is 6. The summed E-state index contributed by atoms with van der Waals surface area (Å²) in [6.07, 6.45) is 1.20. The zero-order valence-corrected chi connectivity index (χ0v) is 12.6. The van der Waals surface area contributed by atoms with Crippen LogP contribution in [0.5, 0.6) is 0 Å². The summed E-state index contributed by atoms with van der Waals surface area (Å²) in [4.78, 5) is 12.0. The average Bonchev–Trinajstić information content (AvgIpc) is 2.49. The molecule has 2 rings (SSSR count). The number of anilines is 1. The summed E-state index contributed by atoms with van der Waals surface area (Å²) in [7, 11) is 0.